The molecule has 3 rings (SSSR count). The number of nitrogens with two attached hydrogens (primary N) is 1. The Balaban J connectivity index is 2.23. The molecule has 0 saturated carbocycles. The summed E-state index contributed by atoms with van der Waals surface area (Å²) < 4.78 is 6.70. The van der Waals surface area contributed by atoms with E-state index < -0.39 is 24.5 Å². The molecule has 3 atom stereocenters. The number of fused-ring (bicyclic) bond motifs is 1. The third kappa shape index (κ3) is 1.45. The fraction of sp³-hybridized carbons (Fsp3) is 0.364. The molecule has 2 aromatic rings. The molecule has 5 N–H and O–H groups in total. The minimum absolute atomic E-state index is 0.0459. The van der Waals surface area contributed by atoms with Crippen LogP contribution in [0.25, 0.3) is 11.2 Å². The molecule has 3 heterocycles. The predicted molar refractivity (Wildman–Crippen MR) is 67.0 cm³/mol. The second kappa shape index (κ2) is 4.13. The van der Waals surface area contributed by atoms with Crippen molar-refractivity contribution in [3.05, 3.63) is 25.0 Å². The van der Waals surface area contributed by atoms with Crippen molar-refractivity contribution in [1.82, 2.24) is 19.5 Å². The van der Waals surface area contributed by atoms with Gasteiger partial charge in [0.15, 0.2) is 11.5 Å². The van der Waals surface area contributed by atoms with Crippen LogP contribution in [0, 0.1) is 0 Å². The highest BCUT2D eigenvalue weighted by Crippen LogP contribution is 2.38. The van der Waals surface area contributed by atoms with Crippen molar-refractivity contribution in [1.29, 1.82) is 0 Å². The average molecular weight is 279 g/mol. The Morgan fingerprint density at radius 3 is 2.75 bits per heavy atom. The quantitative estimate of drug-likeness (QED) is 0.511. The number of nitrogen functional groups attached to an aromatic ring is 1. The van der Waals surface area contributed by atoms with Crippen LogP contribution in [0.1, 0.15) is 0 Å². The van der Waals surface area contributed by atoms with Crippen LogP contribution >= 0.6 is 0 Å². The monoisotopic (exact) mass is 279 g/mol. The van der Waals surface area contributed by atoms with Crippen molar-refractivity contribution in [2.24, 2.45) is 0 Å². The van der Waals surface area contributed by atoms with Crippen molar-refractivity contribution in [2.75, 3.05) is 12.3 Å². The van der Waals surface area contributed by atoms with E-state index >= 15 is 0 Å². The summed E-state index contributed by atoms with van der Waals surface area (Å²) in [5.41, 5.74) is 4.61. The lowest BCUT2D eigenvalue weighted by molar-refractivity contribution is -0.140. The van der Waals surface area contributed by atoms with Crippen molar-refractivity contribution in [3.63, 3.8) is 0 Å². The van der Waals surface area contributed by atoms with Gasteiger partial charge in [0.25, 0.3) is 0 Å². The number of nitrogens with zero attached hydrogens (tertiary/aromatic N) is 4. The molecule has 1 saturated heterocycles. The molecule has 1 fully saturated rings. The zero-order valence-electron chi connectivity index (χ0n) is 10.3. The van der Waals surface area contributed by atoms with Crippen LogP contribution < -0.4 is 5.73 Å². The van der Waals surface area contributed by atoms with Crippen molar-refractivity contribution < 1.29 is 20.1 Å². The van der Waals surface area contributed by atoms with Crippen LogP contribution in [0.5, 0.6) is 0 Å². The van der Waals surface area contributed by atoms with Gasteiger partial charge in [-0.3, -0.25) is 4.57 Å². The summed E-state index contributed by atoms with van der Waals surface area (Å²) in [4.78, 5) is 11.9. The van der Waals surface area contributed by atoms with E-state index in [4.69, 9.17) is 10.5 Å². The normalized spacial score (nSPS) is 29.9. The SMILES string of the molecule is C=C1O[C@@](CO)(n2cnc3c(N)ncnc32)[C@H](O)[C@@H]1O. The number of ether oxygens (including phenoxy) is 1. The molecule has 0 unspecified atom stereocenters. The van der Waals surface area contributed by atoms with Gasteiger partial charge in [0.2, 0.25) is 5.72 Å². The first-order valence-electron chi connectivity index (χ1n) is 5.80. The summed E-state index contributed by atoms with van der Waals surface area (Å²) in [6, 6.07) is 0. The molecule has 1 aliphatic heterocycles. The second-order valence-corrected chi connectivity index (χ2v) is 4.51. The van der Waals surface area contributed by atoms with Gasteiger partial charge in [-0.2, -0.15) is 0 Å². The topological polar surface area (TPSA) is 140 Å². The van der Waals surface area contributed by atoms with Gasteiger partial charge in [-0.25, -0.2) is 15.0 Å². The zero-order valence-corrected chi connectivity index (χ0v) is 10.3. The van der Waals surface area contributed by atoms with Crippen LogP contribution in [-0.2, 0) is 10.5 Å². The average Bonchev–Trinajstić information content (AvgIpc) is 2.96. The summed E-state index contributed by atoms with van der Waals surface area (Å²) in [7, 11) is 0. The smallest absolute Gasteiger partial charge is 0.240 e. The third-order valence-electron chi connectivity index (χ3n) is 3.40. The van der Waals surface area contributed by atoms with Crippen LogP contribution in [0.2, 0.25) is 0 Å². The predicted octanol–water partition coefficient (Wildman–Crippen LogP) is -1.68. The third-order valence-corrected chi connectivity index (χ3v) is 3.40. The van der Waals surface area contributed by atoms with E-state index in [1.807, 2.05) is 0 Å². The number of aliphatic hydroxyl groups is 3. The van der Waals surface area contributed by atoms with Gasteiger partial charge in [0, 0.05) is 0 Å². The number of anilines is 1. The summed E-state index contributed by atoms with van der Waals surface area (Å²) in [5.74, 6) is 0.115. The number of aliphatic hydroxyl groups excluding tert-OH is 3. The maximum absolute atomic E-state index is 10.2. The molecule has 0 spiro atoms. The molecule has 0 amide bonds. The largest absolute Gasteiger partial charge is 0.464 e. The standard InChI is InChI=1S/C11H13N5O4/c1-5-7(18)8(19)11(2-17,20-5)16-4-15-6-9(12)13-3-14-10(6)16/h3-4,7-8,17-19H,1-2H2,(H2,12,13,14)/t7-,8-,11-/m1/s1. The molecule has 20 heavy (non-hydrogen) atoms. The molecule has 0 aromatic carbocycles. The molecule has 0 radical (unpaired) electrons. The van der Waals surface area contributed by atoms with Gasteiger partial charge in [-0.1, -0.05) is 6.58 Å². The lowest BCUT2D eigenvalue weighted by Gasteiger charge is -2.30. The zero-order chi connectivity index (χ0) is 14.5. The Morgan fingerprint density at radius 1 is 1.40 bits per heavy atom. The lowest BCUT2D eigenvalue weighted by atomic mass is 10.0. The van der Waals surface area contributed by atoms with E-state index in [0.717, 1.165) is 0 Å². The number of aromatic nitrogens is 4. The molecule has 0 bridgehead atoms. The van der Waals surface area contributed by atoms with Gasteiger partial charge in [-0.15, -0.1) is 0 Å². The van der Waals surface area contributed by atoms with Gasteiger partial charge >= 0.3 is 0 Å². The summed E-state index contributed by atoms with van der Waals surface area (Å²) in [6.45, 7) is 2.89. The minimum atomic E-state index is -1.65. The van der Waals surface area contributed by atoms with Crippen LogP contribution in [-0.4, -0.2) is 53.7 Å². The Kier molecular flexibility index (Phi) is 2.64. The highest BCUT2D eigenvalue weighted by molar-refractivity contribution is 5.81. The minimum Gasteiger partial charge on any atom is -0.464 e. The molecule has 9 nitrogen and oxygen atoms in total. The first-order valence-corrected chi connectivity index (χ1v) is 5.80. The summed E-state index contributed by atoms with van der Waals surface area (Å²) in [6.07, 6.45) is -0.207. The van der Waals surface area contributed by atoms with E-state index in [1.165, 1.54) is 17.2 Å². The molecule has 2 aromatic heterocycles. The Bertz CT molecular complexity index is 687. The van der Waals surface area contributed by atoms with Crippen molar-refractivity contribution >= 4 is 17.0 Å². The second-order valence-electron chi connectivity index (χ2n) is 4.51. The molecule has 106 valence electrons. The highest BCUT2D eigenvalue weighted by atomic mass is 16.6. The first kappa shape index (κ1) is 12.8. The van der Waals surface area contributed by atoms with Crippen LogP contribution in [0.3, 0.4) is 0 Å². The lowest BCUT2D eigenvalue weighted by Crippen LogP contribution is -2.48. The van der Waals surface area contributed by atoms with E-state index in [1.54, 1.807) is 0 Å². The highest BCUT2D eigenvalue weighted by Gasteiger charge is 2.54. The van der Waals surface area contributed by atoms with E-state index in [-0.39, 0.29) is 17.2 Å². The summed E-state index contributed by atoms with van der Waals surface area (Å²) >= 11 is 0. The van der Waals surface area contributed by atoms with Crippen LogP contribution in [0.4, 0.5) is 5.82 Å². The Labute approximate surface area is 113 Å². The fourth-order valence-corrected chi connectivity index (χ4v) is 2.29. The van der Waals surface area contributed by atoms with E-state index in [2.05, 4.69) is 21.5 Å². The number of imidazole rings is 1. The number of rotatable bonds is 2. The van der Waals surface area contributed by atoms with Gasteiger partial charge in [0.05, 0.1) is 0 Å². The molecular formula is C11H13N5O4. The Morgan fingerprint density at radius 2 is 2.15 bits per heavy atom. The molecule has 1 aliphatic rings. The maximum Gasteiger partial charge on any atom is 0.240 e. The van der Waals surface area contributed by atoms with E-state index in [0.29, 0.717) is 5.52 Å². The maximum atomic E-state index is 10.2. The van der Waals surface area contributed by atoms with Crippen molar-refractivity contribution in [2.45, 2.75) is 17.9 Å². The van der Waals surface area contributed by atoms with Gasteiger partial charge < -0.3 is 25.8 Å². The molecule has 9 heteroatoms. The van der Waals surface area contributed by atoms with Crippen molar-refractivity contribution in [3.8, 4) is 0 Å². The Hall–Kier alpha value is -2.23. The van der Waals surface area contributed by atoms with Gasteiger partial charge in [-0.05, 0) is 0 Å². The first-order chi connectivity index (χ1) is 9.51. The van der Waals surface area contributed by atoms with Crippen LogP contribution in [0.15, 0.2) is 25.0 Å². The molecule has 0 aliphatic carbocycles. The summed E-state index contributed by atoms with van der Waals surface area (Å²) in [5, 5.41) is 29.6. The number of hydrogen-bond donors (Lipinski definition) is 4. The molecular weight excluding hydrogens is 266 g/mol. The van der Waals surface area contributed by atoms with E-state index in [9.17, 15) is 15.3 Å². The fourth-order valence-electron chi connectivity index (χ4n) is 2.29. The van der Waals surface area contributed by atoms with Gasteiger partial charge in [0.1, 0.15) is 42.7 Å². The number of hydrogen-bond acceptors (Lipinski definition) is 8.